The number of Topliss-reactive ketones (excluding diaryl/α,β-unsaturated/α-hetero) is 1. The van der Waals surface area contributed by atoms with Crippen LogP contribution in [-0.4, -0.2) is 16.7 Å². The standard InChI is InChI=1S/C11H9NO3.Na/c13-10(11(14)15)5-7-6-12-9-4-2-1-3-8(7)9;/h1-4,6,12H,5H2,(H,14,15);/q;+1/p-1. The van der Waals surface area contributed by atoms with Crippen LogP contribution in [0.5, 0.6) is 0 Å². The van der Waals surface area contributed by atoms with Crippen LogP contribution in [0.4, 0.5) is 0 Å². The van der Waals surface area contributed by atoms with Gasteiger partial charge < -0.3 is 14.9 Å². The van der Waals surface area contributed by atoms with E-state index in [0.29, 0.717) is 5.56 Å². The number of carboxylic acid groups (broad SMARTS) is 1. The monoisotopic (exact) mass is 225 g/mol. The third-order valence-corrected chi connectivity index (χ3v) is 2.25. The van der Waals surface area contributed by atoms with E-state index in [1.54, 1.807) is 6.20 Å². The van der Waals surface area contributed by atoms with Crippen LogP contribution in [0.2, 0.25) is 0 Å². The van der Waals surface area contributed by atoms with Crippen molar-refractivity contribution in [2.45, 2.75) is 6.42 Å². The van der Waals surface area contributed by atoms with Gasteiger partial charge in [-0.1, -0.05) is 18.2 Å². The number of ketones is 1. The number of aromatic nitrogens is 1. The maximum absolute atomic E-state index is 11.0. The number of carboxylic acids is 1. The molecule has 1 aromatic heterocycles. The molecule has 0 fully saturated rings. The molecule has 0 atom stereocenters. The van der Waals surface area contributed by atoms with Gasteiger partial charge in [-0.05, 0) is 11.6 Å². The molecule has 1 aromatic carbocycles. The Balaban J connectivity index is 0.00000128. The van der Waals surface area contributed by atoms with Crippen molar-refractivity contribution in [1.82, 2.24) is 4.98 Å². The van der Waals surface area contributed by atoms with Crippen LogP contribution in [0, 0.1) is 0 Å². The van der Waals surface area contributed by atoms with Gasteiger partial charge in [-0.15, -0.1) is 0 Å². The summed E-state index contributed by atoms with van der Waals surface area (Å²) in [6, 6.07) is 7.40. The average molecular weight is 225 g/mol. The first-order chi connectivity index (χ1) is 7.18. The van der Waals surface area contributed by atoms with Gasteiger partial charge in [0.1, 0.15) is 5.97 Å². The fourth-order valence-electron chi connectivity index (χ4n) is 1.52. The maximum atomic E-state index is 11.0. The third-order valence-electron chi connectivity index (χ3n) is 2.25. The molecule has 0 aliphatic heterocycles. The number of para-hydroxylation sites is 1. The fourth-order valence-corrected chi connectivity index (χ4v) is 1.52. The van der Waals surface area contributed by atoms with Gasteiger partial charge in [0.25, 0.3) is 0 Å². The SMILES string of the molecule is O=C([O-])C(=O)Cc1c[nH]c2ccccc12.[Na+]. The number of aromatic amines is 1. The van der Waals surface area contributed by atoms with E-state index in [9.17, 15) is 14.7 Å². The van der Waals surface area contributed by atoms with E-state index >= 15 is 0 Å². The van der Waals surface area contributed by atoms with Crippen LogP contribution in [0.15, 0.2) is 30.5 Å². The number of aliphatic carboxylic acids is 1. The van der Waals surface area contributed by atoms with Crippen molar-refractivity contribution in [3.8, 4) is 0 Å². The van der Waals surface area contributed by atoms with Gasteiger partial charge >= 0.3 is 29.6 Å². The Morgan fingerprint density at radius 1 is 1.25 bits per heavy atom. The predicted molar refractivity (Wildman–Crippen MR) is 52.0 cm³/mol. The molecule has 0 unspecified atom stereocenters. The summed E-state index contributed by atoms with van der Waals surface area (Å²) in [4.78, 5) is 24.2. The molecule has 0 bridgehead atoms. The van der Waals surface area contributed by atoms with Gasteiger partial charge in [0.05, 0.1) is 0 Å². The molecule has 0 saturated heterocycles. The van der Waals surface area contributed by atoms with Gasteiger partial charge in [-0.25, -0.2) is 0 Å². The van der Waals surface area contributed by atoms with Gasteiger partial charge in [-0.2, -0.15) is 0 Å². The molecule has 0 radical (unpaired) electrons. The summed E-state index contributed by atoms with van der Waals surface area (Å²) >= 11 is 0. The Labute approximate surface area is 114 Å². The minimum atomic E-state index is -1.64. The van der Waals surface area contributed by atoms with E-state index in [4.69, 9.17) is 0 Å². The van der Waals surface area contributed by atoms with Crippen molar-refractivity contribution < 1.29 is 44.3 Å². The minimum Gasteiger partial charge on any atom is -0.542 e. The van der Waals surface area contributed by atoms with Gasteiger partial charge in [0.2, 0.25) is 0 Å². The molecule has 0 spiro atoms. The summed E-state index contributed by atoms with van der Waals surface area (Å²) in [5.41, 5.74) is 1.57. The van der Waals surface area contributed by atoms with Gasteiger partial charge in [0.15, 0.2) is 5.78 Å². The summed E-state index contributed by atoms with van der Waals surface area (Å²) in [6.07, 6.45) is 1.51. The number of hydrogen-bond donors (Lipinski definition) is 1. The zero-order valence-corrected chi connectivity index (χ0v) is 10.8. The van der Waals surface area contributed by atoms with Crippen LogP contribution < -0.4 is 34.7 Å². The number of carbonyl (C=O) groups excluding carboxylic acids is 2. The quantitative estimate of drug-likeness (QED) is 0.448. The minimum absolute atomic E-state index is 0. The summed E-state index contributed by atoms with van der Waals surface area (Å²) < 4.78 is 0. The molecule has 4 nitrogen and oxygen atoms in total. The van der Waals surface area contributed by atoms with Crippen molar-refractivity contribution in [3.63, 3.8) is 0 Å². The molecule has 16 heavy (non-hydrogen) atoms. The van der Waals surface area contributed by atoms with Crippen molar-refractivity contribution in [3.05, 3.63) is 36.0 Å². The Kier molecular flexibility index (Phi) is 4.29. The summed E-state index contributed by atoms with van der Waals surface area (Å²) in [6.45, 7) is 0. The van der Waals surface area contributed by atoms with E-state index in [1.807, 2.05) is 24.3 Å². The molecule has 0 aliphatic rings. The van der Waals surface area contributed by atoms with E-state index < -0.39 is 11.8 Å². The second-order valence-electron chi connectivity index (χ2n) is 3.25. The largest absolute Gasteiger partial charge is 1.00 e. The van der Waals surface area contributed by atoms with E-state index in [-0.39, 0.29) is 36.0 Å². The second-order valence-corrected chi connectivity index (χ2v) is 3.25. The smallest absolute Gasteiger partial charge is 0.542 e. The molecule has 76 valence electrons. The first-order valence-electron chi connectivity index (χ1n) is 4.47. The van der Waals surface area contributed by atoms with Gasteiger partial charge in [0, 0.05) is 23.5 Å². The number of carbonyl (C=O) groups is 2. The Hall–Kier alpha value is -1.10. The van der Waals surface area contributed by atoms with E-state index in [0.717, 1.165) is 10.9 Å². The van der Waals surface area contributed by atoms with Crippen molar-refractivity contribution in [2.75, 3.05) is 0 Å². The molecule has 1 N–H and O–H groups in total. The molecule has 0 aliphatic carbocycles. The Bertz CT molecular complexity index is 533. The number of hydrogen-bond acceptors (Lipinski definition) is 3. The first kappa shape index (κ1) is 13.0. The van der Waals surface area contributed by atoms with Crippen LogP contribution in [-0.2, 0) is 16.0 Å². The Morgan fingerprint density at radius 3 is 2.62 bits per heavy atom. The fraction of sp³-hybridized carbons (Fsp3) is 0.0909. The van der Waals surface area contributed by atoms with Crippen LogP contribution >= 0.6 is 0 Å². The summed E-state index contributed by atoms with van der Waals surface area (Å²) in [5.74, 6) is -2.54. The van der Waals surface area contributed by atoms with Crippen molar-refractivity contribution >= 4 is 22.7 Å². The molecule has 2 aromatic rings. The zero-order chi connectivity index (χ0) is 10.8. The normalized spacial score (nSPS) is 9.75. The third kappa shape index (κ3) is 2.52. The topological polar surface area (TPSA) is 73.0 Å². The number of fused-ring (bicyclic) bond motifs is 1. The maximum Gasteiger partial charge on any atom is 1.00 e. The van der Waals surface area contributed by atoms with E-state index in [2.05, 4.69) is 4.98 Å². The molecule has 0 saturated carbocycles. The van der Waals surface area contributed by atoms with Gasteiger partial charge in [-0.3, -0.25) is 4.79 Å². The number of H-pyrrole nitrogens is 1. The first-order valence-corrected chi connectivity index (χ1v) is 4.47. The Morgan fingerprint density at radius 2 is 1.94 bits per heavy atom. The molecule has 2 rings (SSSR count). The number of benzene rings is 1. The molecule has 1 heterocycles. The van der Waals surface area contributed by atoms with Crippen molar-refractivity contribution in [1.29, 1.82) is 0 Å². The zero-order valence-electron chi connectivity index (χ0n) is 8.82. The summed E-state index contributed by atoms with van der Waals surface area (Å²) in [7, 11) is 0. The van der Waals surface area contributed by atoms with Crippen LogP contribution in [0.25, 0.3) is 10.9 Å². The number of rotatable bonds is 3. The number of nitrogens with one attached hydrogen (secondary N) is 1. The van der Waals surface area contributed by atoms with Crippen molar-refractivity contribution in [2.24, 2.45) is 0 Å². The predicted octanol–water partition coefficient (Wildman–Crippen LogP) is -2.97. The molecule has 5 heteroatoms. The molecular formula is C11H8NNaO3. The van der Waals surface area contributed by atoms with Crippen LogP contribution in [0.1, 0.15) is 5.56 Å². The van der Waals surface area contributed by atoms with Crippen LogP contribution in [0.3, 0.4) is 0 Å². The average Bonchev–Trinajstić information content (AvgIpc) is 2.62. The second kappa shape index (κ2) is 5.30. The molecule has 0 amide bonds. The van der Waals surface area contributed by atoms with E-state index in [1.165, 1.54) is 0 Å². The molecular weight excluding hydrogens is 217 g/mol. The summed E-state index contributed by atoms with van der Waals surface area (Å²) in [5, 5.41) is 11.2.